The Morgan fingerprint density at radius 2 is 2.12 bits per heavy atom. The van der Waals surface area contributed by atoms with Crippen LogP contribution in [-0.2, 0) is 6.54 Å². The van der Waals surface area contributed by atoms with Gasteiger partial charge in [-0.05, 0) is 23.8 Å². The number of methoxy groups -OCH3 is 1. The van der Waals surface area contributed by atoms with Crippen molar-refractivity contribution in [1.29, 1.82) is 0 Å². The lowest BCUT2D eigenvalue weighted by Gasteiger charge is -2.07. The standard InChI is InChI=1S/C16H16N4O4S/c1-24-14-8-12(7-13(15(14)21)20(22)23)10-18-19-16(25)17-9-11-5-3-2-4-6-11/h2-8,10,21H,9H2,1H3,(H2,17,19,25). The van der Waals surface area contributed by atoms with E-state index < -0.39 is 16.4 Å². The molecule has 2 aromatic rings. The number of hydrogen-bond acceptors (Lipinski definition) is 6. The van der Waals surface area contributed by atoms with Gasteiger partial charge in [-0.2, -0.15) is 5.10 Å². The summed E-state index contributed by atoms with van der Waals surface area (Å²) < 4.78 is 4.92. The van der Waals surface area contributed by atoms with Crippen LogP contribution in [0.2, 0.25) is 0 Å². The highest BCUT2D eigenvalue weighted by Crippen LogP contribution is 2.36. The molecule has 8 nitrogen and oxygen atoms in total. The Labute approximate surface area is 149 Å². The lowest BCUT2D eigenvalue weighted by molar-refractivity contribution is -0.386. The smallest absolute Gasteiger partial charge is 0.315 e. The van der Waals surface area contributed by atoms with Crippen molar-refractivity contribution in [2.24, 2.45) is 5.10 Å². The third-order valence-corrected chi connectivity index (χ3v) is 3.41. The van der Waals surface area contributed by atoms with Gasteiger partial charge in [0.2, 0.25) is 5.75 Å². The van der Waals surface area contributed by atoms with Gasteiger partial charge in [0, 0.05) is 18.2 Å². The largest absolute Gasteiger partial charge is 0.500 e. The second-order valence-electron chi connectivity index (χ2n) is 4.89. The number of nitro groups is 1. The summed E-state index contributed by atoms with van der Waals surface area (Å²) in [7, 11) is 1.31. The summed E-state index contributed by atoms with van der Waals surface area (Å²) in [5, 5.41) is 27.9. The number of hydrogen-bond donors (Lipinski definition) is 3. The molecule has 0 amide bonds. The summed E-state index contributed by atoms with van der Waals surface area (Å²) in [6, 6.07) is 12.3. The van der Waals surface area contributed by atoms with Crippen molar-refractivity contribution in [2.75, 3.05) is 7.11 Å². The summed E-state index contributed by atoms with van der Waals surface area (Å²) in [6.07, 6.45) is 1.34. The number of phenolic OH excluding ortho intramolecular Hbond substituents is 1. The predicted octanol–water partition coefficient (Wildman–Crippen LogP) is 2.31. The quantitative estimate of drug-likeness (QED) is 0.314. The minimum atomic E-state index is -0.700. The molecule has 0 aliphatic heterocycles. The van der Waals surface area contributed by atoms with Crippen LogP contribution < -0.4 is 15.5 Å². The van der Waals surface area contributed by atoms with Crippen molar-refractivity contribution >= 4 is 29.2 Å². The van der Waals surface area contributed by atoms with Gasteiger partial charge in [0.15, 0.2) is 10.9 Å². The topological polar surface area (TPSA) is 109 Å². The number of nitro benzene ring substituents is 1. The molecule has 9 heteroatoms. The number of thiocarbonyl (C=S) groups is 1. The minimum absolute atomic E-state index is 0.0135. The van der Waals surface area contributed by atoms with Crippen LogP contribution in [0.4, 0.5) is 5.69 Å². The van der Waals surface area contributed by atoms with E-state index in [0.29, 0.717) is 17.2 Å². The third-order valence-electron chi connectivity index (χ3n) is 3.17. The van der Waals surface area contributed by atoms with Crippen molar-refractivity contribution in [3.63, 3.8) is 0 Å². The van der Waals surface area contributed by atoms with E-state index in [9.17, 15) is 15.2 Å². The van der Waals surface area contributed by atoms with E-state index in [1.54, 1.807) is 0 Å². The Morgan fingerprint density at radius 1 is 1.40 bits per heavy atom. The fraction of sp³-hybridized carbons (Fsp3) is 0.125. The molecule has 0 heterocycles. The van der Waals surface area contributed by atoms with Crippen LogP contribution >= 0.6 is 12.2 Å². The zero-order valence-corrected chi connectivity index (χ0v) is 14.1. The van der Waals surface area contributed by atoms with Crippen LogP contribution in [-0.4, -0.2) is 28.5 Å². The molecule has 0 bridgehead atoms. The molecule has 0 radical (unpaired) electrons. The number of aromatic hydroxyl groups is 1. The Balaban J connectivity index is 1.98. The van der Waals surface area contributed by atoms with E-state index in [0.717, 1.165) is 5.56 Å². The zero-order valence-electron chi connectivity index (χ0n) is 13.3. The molecule has 0 aromatic heterocycles. The molecule has 130 valence electrons. The molecule has 0 spiro atoms. The Morgan fingerprint density at radius 3 is 2.76 bits per heavy atom. The number of rotatable bonds is 6. The SMILES string of the molecule is COc1cc(C=NNC(=S)NCc2ccccc2)cc([N+](=O)[O-])c1O. The first-order valence-corrected chi connectivity index (χ1v) is 7.58. The monoisotopic (exact) mass is 360 g/mol. The number of nitrogens with one attached hydrogen (secondary N) is 2. The minimum Gasteiger partial charge on any atom is -0.500 e. The van der Waals surface area contributed by atoms with Crippen molar-refractivity contribution in [2.45, 2.75) is 6.54 Å². The average Bonchev–Trinajstić information content (AvgIpc) is 2.61. The summed E-state index contributed by atoms with van der Waals surface area (Å²) in [5.41, 5.74) is 3.59. The Bertz CT molecular complexity index is 796. The first-order valence-electron chi connectivity index (χ1n) is 7.17. The molecule has 2 aromatic carbocycles. The van der Waals surface area contributed by atoms with E-state index >= 15 is 0 Å². The first kappa shape index (κ1) is 18.1. The van der Waals surface area contributed by atoms with Crippen LogP contribution in [0.5, 0.6) is 11.5 Å². The predicted molar refractivity (Wildman–Crippen MR) is 97.9 cm³/mol. The molecule has 0 atom stereocenters. The lowest BCUT2D eigenvalue weighted by atomic mass is 10.2. The van der Waals surface area contributed by atoms with Crippen LogP contribution in [0.15, 0.2) is 47.6 Å². The number of phenols is 1. The fourth-order valence-corrected chi connectivity index (χ4v) is 2.09. The number of hydrazone groups is 1. The van der Waals surface area contributed by atoms with Crippen LogP contribution in [0.3, 0.4) is 0 Å². The average molecular weight is 360 g/mol. The van der Waals surface area contributed by atoms with E-state index in [1.165, 1.54) is 25.5 Å². The maximum atomic E-state index is 10.9. The van der Waals surface area contributed by atoms with Gasteiger partial charge in [-0.25, -0.2) is 0 Å². The van der Waals surface area contributed by atoms with Crippen molar-refractivity contribution in [3.8, 4) is 11.5 Å². The second kappa shape index (κ2) is 8.60. The molecule has 0 aliphatic rings. The van der Waals surface area contributed by atoms with E-state index in [1.807, 2.05) is 30.3 Å². The summed E-state index contributed by atoms with van der Waals surface area (Å²) in [6.45, 7) is 0.542. The van der Waals surface area contributed by atoms with E-state index in [2.05, 4.69) is 15.8 Å². The summed E-state index contributed by atoms with van der Waals surface area (Å²) in [5.74, 6) is -0.543. The van der Waals surface area contributed by atoms with Gasteiger partial charge in [0.05, 0.1) is 18.2 Å². The van der Waals surface area contributed by atoms with Gasteiger partial charge >= 0.3 is 5.69 Å². The summed E-state index contributed by atoms with van der Waals surface area (Å²) >= 11 is 5.10. The van der Waals surface area contributed by atoms with Crippen LogP contribution in [0, 0.1) is 10.1 Å². The third kappa shape index (κ3) is 5.15. The molecule has 3 N–H and O–H groups in total. The normalized spacial score (nSPS) is 10.4. The Hall–Kier alpha value is -3.20. The number of ether oxygens (including phenoxy) is 1. The molecule has 0 fully saturated rings. The molecule has 0 saturated carbocycles. The van der Waals surface area contributed by atoms with Crippen molar-refractivity contribution < 1.29 is 14.8 Å². The fourth-order valence-electron chi connectivity index (χ4n) is 1.97. The first-order chi connectivity index (χ1) is 12.0. The van der Waals surface area contributed by atoms with Gasteiger partial charge in [0.25, 0.3) is 0 Å². The highest BCUT2D eigenvalue weighted by atomic mass is 32.1. The molecule has 0 saturated heterocycles. The van der Waals surface area contributed by atoms with Crippen LogP contribution in [0.1, 0.15) is 11.1 Å². The van der Waals surface area contributed by atoms with Crippen molar-refractivity contribution in [1.82, 2.24) is 10.7 Å². The lowest BCUT2D eigenvalue weighted by Crippen LogP contribution is -2.31. The van der Waals surface area contributed by atoms with Gasteiger partial charge in [-0.3, -0.25) is 15.5 Å². The second-order valence-corrected chi connectivity index (χ2v) is 5.29. The highest BCUT2D eigenvalue weighted by molar-refractivity contribution is 7.80. The van der Waals surface area contributed by atoms with Crippen LogP contribution in [0.25, 0.3) is 0 Å². The molecular formula is C16H16N4O4S. The van der Waals surface area contributed by atoms with E-state index in [4.69, 9.17) is 17.0 Å². The molecule has 0 unspecified atom stereocenters. The maximum Gasteiger partial charge on any atom is 0.315 e. The number of nitrogens with zero attached hydrogens (tertiary/aromatic N) is 2. The van der Waals surface area contributed by atoms with Gasteiger partial charge in [-0.1, -0.05) is 30.3 Å². The molecule has 2 rings (SSSR count). The molecule has 0 aliphatic carbocycles. The van der Waals surface area contributed by atoms with Crippen molar-refractivity contribution in [3.05, 3.63) is 63.7 Å². The Kier molecular flexibility index (Phi) is 6.24. The van der Waals surface area contributed by atoms with E-state index in [-0.39, 0.29) is 5.75 Å². The summed E-state index contributed by atoms with van der Waals surface area (Å²) in [4.78, 5) is 10.2. The van der Waals surface area contributed by atoms with Gasteiger partial charge in [-0.15, -0.1) is 0 Å². The van der Waals surface area contributed by atoms with Gasteiger partial charge < -0.3 is 15.2 Å². The molecular weight excluding hydrogens is 344 g/mol. The number of benzene rings is 2. The zero-order chi connectivity index (χ0) is 18.2. The highest BCUT2D eigenvalue weighted by Gasteiger charge is 2.19. The van der Waals surface area contributed by atoms with Gasteiger partial charge in [0.1, 0.15) is 0 Å². The molecule has 25 heavy (non-hydrogen) atoms. The maximum absolute atomic E-state index is 10.9.